The van der Waals surface area contributed by atoms with Crippen molar-refractivity contribution >= 4 is 35.5 Å². The van der Waals surface area contributed by atoms with Crippen LogP contribution >= 0.6 is 23.4 Å². The van der Waals surface area contributed by atoms with E-state index >= 15 is 0 Å². The molecule has 0 N–H and O–H groups in total. The summed E-state index contributed by atoms with van der Waals surface area (Å²) >= 11 is 7.79. The van der Waals surface area contributed by atoms with E-state index in [1.54, 1.807) is 11.8 Å². The van der Waals surface area contributed by atoms with Gasteiger partial charge in [0.1, 0.15) is 0 Å². The molecule has 0 radical (unpaired) electrons. The number of halogens is 1. The average Bonchev–Trinajstić information content (AvgIpc) is 2.48. The monoisotopic (exact) mass is 244 g/mol. The molecule has 0 unspecified atom stereocenters. The second kappa shape index (κ2) is 4.00. The molecule has 0 saturated heterocycles. The lowest BCUT2D eigenvalue weighted by molar-refractivity contribution is 1.39. The highest BCUT2D eigenvalue weighted by Crippen LogP contribution is 2.37. The van der Waals surface area contributed by atoms with Crippen molar-refractivity contribution in [1.29, 1.82) is 0 Å². The molecule has 0 aliphatic carbocycles. The van der Waals surface area contributed by atoms with Crippen molar-refractivity contribution in [1.82, 2.24) is 0 Å². The first-order chi connectivity index (χ1) is 7.83. The third-order valence-corrected chi connectivity index (χ3v) is 3.97. The quantitative estimate of drug-likeness (QED) is 0.538. The van der Waals surface area contributed by atoms with Crippen LogP contribution in [0.4, 0.5) is 0 Å². The number of rotatable bonds is 0. The minimum atomic E-state index is 0.787. The van der Waals surface area contributed by atoms with Crippen LogP contribution in [0.3, 0.4) is 0 Å². The van der Waals surface area contributed by atoms with Gasteiger partial charge in [0.2, 0.25) is 0 Å². The number of benzene rings is 2. The van der Waals surface area contributed by atoms with Crippen molar-refractivity contribution in [3.8, 4) is 0 Å². The van der Waals surface area contributed by atoms with Crippen LogP contribution in [0.2, 0.25) is 5.02 Å². The van der Waals surface area contributed by atoms with Gasteiger partial charge in [-0.05, 0) is 35.4 Å². The molecule has 0 fully saturated rings. The highest BCUT2D eigenvalue weighted by atomic mass is 35.5. The average molecular weight is 245 g/mol. The molecule has 1 aliphatic rings. The third-order valence-electron chi connectivity index (χ3n) is 2.55. The van der Waals surface area contributed by atoms with Crippen molar-refractivity contribution in [3.05, 3.63) is 58.6 Å². The van der Waals surface area contributed by atoms with Crippen LogP contribution in [0.5, 0.6) is 0 Å². The molecule has 0 bridgehead atoms. The lowest BCUT2D eigenvalue weighted by Crippen LogP contribution is -1.78. The largest absolute Gasteiger partial charge is 0.0888 e. The maximum absolute atomic E-state index is 6.00. The summed E-state index contributed by atoms with van der Waals surface area (Å²) in [5.74, 6) is 0. The summed E-state index contributed by atoms with van der Waals surface area (Å²) in [5.41, 5.74) is 2.45. The zero-order valence-electron chi connectivity index (χ0n) is 8.48. The van der Waals surface area contributed by atoms with Crippen LogP contribution in [0.1, 0.15) is 11.1 Å². The van der Waals surface area contributed by atoms with E-state index in [0.29, 0.717) is 0 Å². The van der Waals surface area contributed by atoms with Gasteiger partial charge in [0.25, 0.3) is 0 Å². The van der Waals surface area contributed by atoms with Crippen molar-refractivity contribution in [2.24, 2.45) is 0 Å². The van der Waals surface area contributed by atoms with E-state index in [1.165, 1.54) is 20.9 Å². The summed E-state index contributed by atoms with van der Waals surface area (Å²) in [7, 11) is 0. The molecule has 0 amide bonds. The highest BCUT2D eigenvalue weighted by molar-refractivity contribution is 7.99. The van der Waals surface area contributed by atoms with E-state index in [-0.39, 0.29) is 0 Å². The van der Waals surface area contributed by atoms with Gasteiger partial charge < -0.3 is 0 Å². The van der Waals surface area contributed by atoms with E-state index < -0.39 is 0 Å². The fourth-order valence-electron chi connectivity index (χ4n) is 1.75. The molecule has 2 heteroatoms. The van der Waals surface area contributed by atoms with Crippen molar-refractivity contribution in [3.63, 3.8) is 0 Å². The molecule has 1 heterocycles. The van der Waals surface area contributed by atoms with Crippen LogP contribution < -0.4 is 0 Å². The Hall–Kier alpha value is -1.18. The van der Waals surface area contributed by atoms with E-state index in [0.717, 1.165) is 5.02 Å². The Morgan fingerprint density at radius 1 is 0.812 bits per heavy atom. The molecule has 78 valence electrons. The molecular weight excluding hydrogens is 236 g/mol. The SMILES string of the molecule is Clc1ccc2c(c1)C=Cc1ccccc1S2. The van der Waals surface area contributed by atoms with Crippen molar-refractivity contribution in [2.45, 2.75) is 9.79 Å². The van der Waals surface area contributed by atoms with Crippen molar-refractivity contribution < 1.29 is 0 Å². The van der Waals surface area contributed by atoms with Crippen LogP contribution in [-0.2, 0) is 0 Å². The molecule has 2 aromatic carbocycles. The molecule has 3 rings (SSSR count). The Labute approximate surface area is 104 Å². The fourth-order valence-corrected chi connectivity index (χ4v) is 2.95. The van der Waals surface area contributed by atoms with Gasteiger partial charge in [-0.1, -0.05) is 53.7 Å². The van der Waals surface area contributed by atoms with Gasteiger partial charge in [-0.25, -0.2) is 0 Å². The number of hydrogen-bond acceptors (Lipinski definition) is 1. The number of fused-ring (bicyclic) bond motifs is 2. The van der Waals surface area contributed by atoms with E-state index in [1.807, 2.05) is 12.1 Å². The van der Waals surface area contributed by atoms with Crippen LogP contribution in [0, 0.1) is 0 Å². The summed E-state index contributed by atoms with van der Waals surface area (Å²) in [6.45, 7) is 0. The molecule has 0 saturated carbocycles. The van der Waals surface area contributed by atoms with Gasteiger partial charge in [0.05, 0.1) is 0 Å². The lowest BCUT2D eigenvalue weighted by atomic mass is 10.1. The minimum Gasteiger partial charge on any atom is -0.0888 e. The standard InChI is InChI=1S/C14H9ClS/c15-12-7-8-14-11(9-12)6-5-10-3-1-2-4-13(10)16-14/h1-9H. The van der Waals surface area contributed by atoms with Crippen LogP contribution in [0.15, 0.2) is 52.3 Å². The zero-order chi connectivity index (χ0) is 11.0. The second-order valence-corrected chi connectivity index (χ2v) is 5.18. The van der Waals surface area contributed by atoms with Gasteiger partial charge in [-0.15, -0.1) is 0 Å². The summed E-state index contributed by atoms with van der Waals surface area (Å²) in [6.07, 6.45) is 4.27. The smallest absolute Gasteiger partial charge is 0.0412 e. The van der Waals surface area contributed by atoms with Gasteiger partial charge in [0.15, 0.2) is 0 Å². The Balaban J connectivity index is 2.17. The van der Waals surface area contributed by atoms with Crippen LogP contribution in [-0.4, -0.2) is 0 Å². The Kier molecular flexibility index (Phi) is 2.50. The molecule has 0 nitrogen and oxygen atoms in total. The van der Waals surface area contributed by atoms with Gasteiger partial charge >= 0.3 is 0 Å². The van der Waals surface area contributed by atoms with Crippen molar-refractivity contribution in [2.75, 3.05) is 0 Å². The molecular formula is C14H9ClS. The van der Waals surface area contributed by atoms with E-state index in [9.17, 15) is 0 Å². The third kappa shape index (κ3) is 1.77. The maximum atomic E-state index is 6.00. The highest BCUT2D eigenvalue weighted by Gasteiger charge is 2.09. The summed E-state index contributed by atoms with van der Waals surface area (Å²) in [6, 6.07) is 14.4. The topological polar surface area (TPSA) is 0 Å². The zero-order valence-corrected chi connectivity index (χ0v) is 10.1. The number of hydrogen-bond donors (Lipinski definition) is 0. The van der Waals surface area contributed by atoms with E-state index in [4.69, 9.17) is 11.6 Å². The summed E-state index contributed by atoms with van der Waals surface area (Å²) in [4.78, 5) is 2.55. The Morgan fingerprint density at radius 3 is 2.50 bits per heavy atom. The minimum absolute atomic E-state index is 0.787. The molecule has 0 spiro atoms. The fraction of sp³-hybridized carbons (Fsp3) is 0. The van der Waals surface area contributed by atoms with Gasteiger partial charge in [-0.3, -0.25) is 0 Å². The first-order valence-electron chi connectivity index (χ1n) is 5.07. The summed E-state index contributed by atoms with van der Waals surface area (Å²) < 4.78 is 0. The van der Waals surface area contributed by atoms with Gasteiger partial charge in [0, 0.05) is 14.8 Å². The lowest BCUT2D eigenvalue weighted by Gasteiger charge is -2.05. The Bertz CT molecular complexity index is 573. The summed E-state index contributed by atoms with van der Waals surface area (Å²) in [5, 5.41) is 0.787. The molecule has 1 aliphatic heterocycles. The first-order valence-corrected chi connectivity index (χ1v) is 6.27. The second-order valence-electron chi connectivity index (χ2n) is 3.66. The Morgan fingerprint density at radius 2 is 1.56 bits per heavy atom. The first kappa shape index (κ1) is 10.0. The predicted molar refractivity (Wildman–Crippen MR) is 70.9 cm³/mol. The van der Waals surface area contributed by atoms with E-state index in [2.05, 4.69) is 42.5 Å². The molecule has 0 aromatic heterocycles. The normalized spacial score (nSPS) is 12.8. The molecule has 0 atom stereocenters. The molecule has 2 aromatic rings. The predicted octanol–water partition coefficient (Wildman–Crippen LogP) is 4.98. The molecule has 16 heavy (non-hydrogen) atoms. The maximum Gasteiger partial charge on any atom is 0.0412 e. The van der Waals surface area contributed by atoms with Crippen LogP contribution in [0.25, 0.3) is 12.2 Å². The van der Waals surface area contributed by atoms with Gasteiger partial charge in [-0.2, -0.15) is 0 Å².